The Hall–Kier alpha value is -1.63. The second-order valence-electron chi connectivity index (χ2n) is 6.18. The molecule has 0 spiro atoms. The van der Waals surface area contributed by atoms with Gasteiger partial charge in [-0.15, -0.1) is 0 Å². The summed E-state index contributed by atoms with van der Waals surface area (Å²) in [6.45, 7) is 0.529. The Morgan fingerprint density at radius 3 is 2.71 bits per heavy atom. The number of nitrogens with two attached hydrogens (primary N) is 1. The number of hydrogen-bond acceptors (Lipinski definition) is 3. The van der Waals surface area contributed by atoms with E-state index in [1.54, 1.807) is 6.07 Å². The molecule has 2 rings (SSSR count). The van der Waals surface area contributed by atoms with Crippen molar-refractivity contribution in [2.75, 3.05) is 12.3 Å². The monoisotopic (exact) mass is 365 g/mol. The van der Waals surface area contributed by atoms with Crippen molar-refractivity contribution >= 4 is 23.3 Å². The summed E-state index contributed by atoms with van der Waals surface area (Å²) in [5.41, 5.74) is 6.25. The zero-order valence-electron chi connectivity index (χ0n) is 13.1. The van der Waals surface area contributed by atoms with Crippen LogP contribution in [-0.2, 0) is 4.79 Å². The molecule has 0 heterocycles. The van der Waals surface area contributed by atoms with Crippen molar-refractivity contribution in [3.8, 4) is 5.75 Å². The van der Waals surface area contributed by atoms with Crippen LogP contribution >= 0.6 is 11.6 Å². The maximum absolute atomic E-state index is 12.3. The number of nitrogen functional groups attached to an aromatic ring is 1. The fourth-order valence-electron chi connectivity index (χ4n) is 3.11. The summed E-state index contributed by atoms with van der Waals surface area (Å²) < 4.78 is 41.8. The first-order valence-corrected chi connectivity index (χ1v) is 7.96. The number of benzene rings is 1. The molecule has 0 bridgehead atoms. The van der Waals surface area contributed by atoms with E-state index in [-0.39, 0.29) is 34.2 Å². The van der Waals surface area contributed by atoms with Crippen LogP contribution in [0.2, 0.25) is 5.02 Å². The van der Waals surface area contributed by atoms with E-state index in [0.717, 1.165) is 18.4 Å². The van der Waals surface area contributed by atoms with Gasteiger partial charge in [0.1, 0.15) is 5.75 Å². The fourth-order valence-corrected chi connectivity index (χ4v) is 3.33. The number of aliphatic carboxylic acids is 1. The smallest absolute Gasteiger partial charge is 0.422 e. The highest BCUT2D eigenvalue weighted by atomic mass is 35.5. The fraction of sp³-hybridized carbons (Fsp3) is 0.562. The standard InChI is InChI=1S/C16H19ClF3NO3/c1-2-15(4-3-13(22)23)7-10(15)9-5-11(17)14(21)12(6-9)24-8-16(18,19)20/h5-6,10H,2-4,7-8,21H2,1H3,(H,22,23). The summed E-state index contributed by atoms with van der Waals surface area (Å²) in [4.78, 5) is 10.8. The largest absolute Gasteiger partial charge is 0.482 e. The maximum Gasteiger partial charge on any atom is 0.422 e. The molecule has 134 valence electrons. The van der Waals surface area contributed by atoms with Crippen LogP contribution in [-0.4, -0.2) is 23.9 Å². The number of alkyl halides is 3. The zero-order chi connectivity index (χ0) is 18.1. The second kappa shape index (κ2) is 6.70. The van der Waals surface area contributed by atoms with E-state index >= 15 is 0 Å². The molecule has 1 aliphatic rings. The summed E-state index contributed by atoms with van der Waals surface area (Å²) in [5, 5.41) is 9.00. The van der Waals surface area contributed by atoms with Gasteiger partial charge in [0, 0.05) is 6.42 Å². The molecule has 4 nitrogen and oxygen atoms in total. The molecule has 1 fully saturated rings. The van der Waals surface area contributed by atoms with Gasteiger partial charge in [0.25, 0.3) is 0 Å². The molecular weight excluding hydrogens is 347 g/mol. The molecule has 1 aromatic carbocycles. The molecule has 24 heavy (non-hydrogen) atoms. The minimum atomic E-state index is -4.47. The van der Waals surface area contributed by atoms with Crippen LogP contribution in [0.5, 0.6) is 5.75 Å². The van der Waals surface area contributed by atoms with Gasteiger partial charge in [-0.25, -0.2) is 0 Å². The van der Waals surface area contributed by atoms with Crippen LogP contribution in [0.1, 0.15) is 44.1 Å². The van der Waals surface area contributed by atoms with Gasteiger partial charge in [-0.05, 0) is 48.3 Å². The van der Waals surface area contributed by atoms with Gasteiger partial charge in [-0.2, -0.15) is 13.2 Å². The van der Waals surface area contributed by atoms with Crippen LogP contribution < -0.4 is 10.5 Å². The number of halogens is 4. The summed E-state index contributed by atoms with van der Waals surface area (Å²) in [5.74, 6) is -0.906. The van der Waals surface area contributed by atoms with E-state index in [4.69, 9.17) is 27.2 Å². The minimum absolute atomic E-state index is 0.0297. The topological polar surface area (TPSA) is 72.5 Å². The Morgan fingerprint density at radius 1 is 1.50 bits per heavy atom. The van der Waals surface area contributed by atoms with Crippen molar-refractivity contribution in [2.45, 2.75) is 44.7 Å². The predicted molar refractivity (Wildman–Crippen MR) is 84.4 cm³/mol. The van der Waals surface area contributed by atoms with Crippen LogP contribution in [0, 0.1) is 5.41 Å². The van der Waals surface area contributed by atoms with Crippen LogP contribution in [0.25, 0.3) is 0 Å². The molecule has 1 saturated carbocycles. The summed E-state index contributed by atoms with van der Waals surface area (Å²) in [6, 6.07) is 3.11. The van der Waals surface area contributed by atoms with E-state index in [1.165, 1.54) is 6.07 Å². The molecule has 8 heteroatoms. The molecule has 1 aromatic rings. The number of anilines is 1. The Morgan fingerprint density at radius 2 is 2.17 bits per heavy atom. The lowest BCUT2D eigenvalue weighted by atomic mass is 9.91. The number of carbonyl (C=O) groups is 1. The molecule has 0 radical (unpaired) electrons. The second-order valence-corrected chi connectivity index (χ2v) is 6.59. The SMILES string of the molecule is CCC1(CCC(=O)O)CC1c1cc(Cl)c(N)c(OCC(F)(F)F)c1. The van der Waals surface area contributed by atoms with E-state index in [1.807, 2.05) is 6.92 Å². The Labute approximate surface area is 142 Å². The van der Waals surface area contributed by atoms with Crippen molar-refractivity contribution in [1.82, 2.24) is 0 Å². The number of carboxylic acids is 1. The van der Waals surface area contributed by atoms with Gasteiger partial charge in [-0.3, -0.25) is 4.79 Å². The molecule has 0 amide bonds. The average molecular weight is 366 g/mol. The predicted octanol–water partition coefficient (Wildman–Crippen LogP) is 4.61. The molecule has 2 atom stereocenters. The lowest BCUT2D eigenvalue weighted by Gasteiger charge is -2.17. The number of carboxylic acid groups (broad SMARTS) is 1. The number of ether oxygens (including phenoxy) is 1. The molecular formula is C16H19ClF3NO3. The van der Waals surface area contributed by atoms with E-state index < -0.39 is 18.8 Å². The van der Waals surface area contributed by atoms with Crippen LogP contribution in [0.15, 0.2) is 12.1 Å². The minimum Gasteiger partial charge on any atom is -0.482 e. The highest BCUT2D eigenvalue weighted by Crippen LogP contribution is 2.64. The lowest BCUT2D eigenvalue weighted by molar-refractivity contribution is -0.153. The number of rotatable bonds is 7. The first-order valence-electron chi connectivity index (χ1n) is 7.58. The highest BCUT2D eigenvalue weighted by Gasteiger charge is 2.53. The van der Waals surface area contributed by atoms with Gasteiger partial charge in [-0.1, -0.05) is 18.5 Å². The average Bonchev–Trinajstić information content (AvgIpc) is 3.21. The van der Waals surface area contributed by atoms with Crippen molar-refractivity contribution in [3.05, 3.63) is 22.7 Å². The van der Waals surface area contributed by atoms with Gasteiger partial charge < -0.3 is 15.6 Å². The Kier molecular flexibility index (Phi) is 5.22. The Bertz CT molecular complexity index is 636. The van der Waals surface area contributed by atoms with Crippen LogP contribution in [0.4, 0.5) is 18.9 Å². The van der Waals surface area contributed by atoms with Gasteiger partial charge in [0.15, 0.2) is 6.61 Å². The quantitative estimate of drug-likeness (QED) is 0.692. The van der Waals surface area contributed by atoms with Gasteiger partial charge in [0.2, 0.25) is 0 Å². The third-order valence-corrected chi connectivity index (χ3v) is 4.95. The molecule has 0 saturated heterocycles. The summed E-state index contributed by atoms with van der Waals surface area (Å²) in [7, 11) is 0. The highest BCUT2D eigenvalue weighted by molar-refractivity contribution is 6.33. The van der Waals surface area contributed by atoms with Gasteiger partial charge in [0.05, 0.1) is 10.7 Å². The first kappa shape index (κ1) is 18.7. The van der Waals surface area contributed by atoms with E-state index in [9.17, 15) is 18.0 Å². The molecule has 0 aromatic heterocycles. The van der Waals surface area contributed by atoms with Crippen molar-refractivity contribution in [3.63, 3.8) is 0 Å². The molecule has 0 aliphatic heterocycles. The molecule has 3 N–H and O–H groups in total. The van der Waals surface area contributed by atoms with E-state index in [0.29, 0.717) is 6.42 Å². The Balaban J connectivity index is 2.19. The maximum atomic E-state index is 12.3. The third-order valence-electron chi connectivity index (χ3n) is 4.64. The molecule has 1 aliphatic carbocycles. The number of hydrogen-bond donors (Lipinski definition) is 2. The summed E-state index contributed by atoms with van der Waals surface area (Å²) >= 11 is 6.02. The first-order chi connectivity index (χ1) is 11.1. The molecule has 2 unspecified atom stereocenters. The van der Waals surface area contributed by atoms with Crippen molar-refractivity contribution < 1.29 is 27.8 Å². The zero-order valence-corrected chi connectivity index (χ0v) is 13.9. The normalized spacial score (nSPS) is 23.1. The lowest BCUT2D eigenvalue weighted by Crippen LogP contribution is -2.19. The van der Waals surface area contributed by atoms with Crippen molar-refractivity contribution in [2.24, 2.45) is 5.41 Å². The summed E-state index contributed by atoms with van der Waals surface area (Å²) in [6.07, 6.45) is -2.33. The third kappa shape index (κ3) is 4.26. The van der Waals surface area contributed by atoms with Gasteiger partial charge >= 0.3 is 12.1 Å². The van der Waals surface area contributed by atoms with E-state index in [2.05, 4.69) is 0 Å². The van der Waals surface area contributed by atoms with Crippen LogP contribution in [0.3, 0.4) is 0 Å². The van der Waals surface area contributed by atoms with Crippen molar-refractivity contribution in [1.29, 1.82) is 0 Å².